The number of amides is 2. The monoisotopic (exact) mass is 479 g/mol. The zero-order valence-corrected chi connectivity index (χ0v) is 19.8. The highest BCUT2D eigenvalue weighted by Gasteiger charge is 2.36. The normalized spacial score (nSPS) is 15.0. The summed E-state index contributed by atoms with van der Waals surface area (Å²) in [4.78, 5) is 27.5. The number of hydrogen-bond acceptors (Lipinski definition) is 5. The Hall–Kier alpha value is -3.98. The van der Waals surface area contributed by atoms with E-state index in [9.17, 15) is 14.0 Å². The molecule has 1 N–H and O–H groups in total. The Kier molecular flexibility index (Phi) is 6.21. The van der Waals surface area contributed by atoms with Gasteiger partial charge in [-0.15, -0.1) is 0 Å². The minimum atomic E-state index is -0.598. The lowest BCUT2D eigenvalue weighted by Crippen LogP contribution is -2.54. The van der Waals surface area contributed by atoms with Crippen molar-refractivity contribution in [3.05, 3.63) is 76.9 Å². The highest BCUT2D eigenvalue weighted by atomic mass is 32.1. The molecule has 0 saturated carbocycles. The van der Waals surface area contributed by atoms with Crippen LogP contribution in [0.25, 0.3) is 11.8 Å². The van der Waals surface area contributed by atoms with E-state index in [-0.39, 0.29) is 16.5 Å². The van der Waals surface area contributed by atoms with Crippen LogP contribution in [0.2, 0.25) is 0 Å². The van der Waals surface area contributed by atoms with E-state index in [2.05, 4.69) is 5.32 Å². The number of hydrogen-bond donors (Lipinski definition) is 1. The fraction of sp³-hybridized carbons (Fsp3) is 0.160. The number of aromatic nitrogens is 1. The van der Waals surface area contributed by atoms with Gasteiger partial charge in [-0.2, -0.15) is 0 Å². The van der Waals surface area contributed by atoms with Crippen LogP contribution in [-0.4, -0.2) is 35.7 Å². The molecular weight excluding hydrogens is 457 g/mol. The third-order valence-electron chi connectivity index (χ3n) is 5.58. The van der Waals surface area contributed by atoms with Crippen LogP contribution in [0.3, 0.4) is 0 Å². The van der Waals surface area contributed by atoms with Crippen molar-refractivity contribution in [2.75, 3.05) is 19.1 Å². The van der Waals surface area contributed by atoms with E-state index in [4.69, 9.17) is 21.7 Å². The maximum absolute atomic E-state index is 13.5. The SMILES string of the molecule is COc1ccc(OC)c(N2C(=O)C(=Cc3cc(C)n(-c4ccc(F)cc4)c3C)C(=O)NC2=S)c1. The summed E-state index contributed by atoms with van der Waals surface area (Å²) < 4.78 is 26.0. The quantitative estimate of drug-likeness (QED) is 0.339. The molecule has 9 heteroatoms. The molecule has 7 nitrogen and oxygen atoms in total. The van der Waals surface area contributed by atoms with E-state index >= 15 is 0 Å². The molecule has 0 unspecified atom stereocenters. The van der Waals surface area contributed by atoms with Crippen LogP contribution < -0.4 is 19.7 Å². The molecule has 2 heterocycles. The van der Waals surface area contributed by atoms with E-state index in [1.807, 2.05) is 24.5 Å². The molecule has 1 aliphatic heterocycles. The number of carbonyl (C=O) groups excluding carboxylic acids is 2. The Balaban J connectivity index is 1.78. The molecular formula is C25H22FN3O4S. The van der Waals surface area contributed by atoms with E-state index in [0.29, 0.717) is 22.7 Å². The molecule has 0 atom stereocenters. The summed E-state index contributed by atoms with van der Waals surface area (Å²) in [6.45, 7) is 3.76. The largest absolute Gasteiger partial charge is 0.497 e. The summed E-state index contributed by atoms with van der Waals surface area (Å²) >= 11 is 5.31. The van der Waals surface area contributed by atoms with Gasteiger partial charge in [-0.3, -0.25) is 14.9 Å². The van der Waals surface area contributed by atoms with Gasteiger partial charge in [0.05, 0.1) is 19.9 Å². The van der Waals surface area contributed by atoms with Gasteiger partial charge in [0, 0.05) is 23.1 Å². The molecule has 3 aromatic rings. The van der Waals surface area contributed by atoms with Crippen molar-refractivity contribution >= 4 is 40.9 Å². The van der Waals surface area contributed by atoms with Crippen molar-refractivity contribution in [1.82, 2.24) is 9.88 Å². The van der Waals surface area contributed by atoms with Gasteiger partial charge in [0.2, 0.25) is 0 Å². The number of anilines is 1. The second kappa shape index (κ2) is 9.11. The van der Waals surface area contributed by atoms with Crippen molar-refractivity contribution in [3.8, 4) is 17.2 Å². The molecule has 1 fully saturated rings. The van der Waals surface area contributed by atoms with Gasteiger partial charge < -0.3 is 14.0 Å². The van der Waals surface area contributed by atoms with E-state index in [0.717, 1.165) is 17.1 Å². The number of rotatable bonds is 5. The van der Waals surface area contributed by atoms with Crippen LogP contribution in [0.5, 0.6) is 11.5 Å². The Morgan fingerprint density at radius 1 is 1.00 bits per heavy atom. The number of methoxy groups -OCH3 is 2. The summed E-state index contributed by atoms with van der Waals surface area (Å²) in [5.74, 6) is -0.633. The predicted octanol–water partition coefficient (Wildman–Crippen LogP) is 4.08. The summed E-state index contributed by atoms with van der Waals surface area (Å²) in [7, 11) is 2.98. The number of ether oxygens (including phenoxy) is 2. The molecule has 1 saturated heterocycles. The van der Waals surface area contributed by atoms with Crippen LogP contribution in [-0.2, 0) is 9.59 Å². The highest BCUT2D eigenvalue weighted by molar-refractivity contribution is 7.80. The van der Waals surface area contributed by atoms with Crippen molar-refractivity contribution < 1.29 is 23.5 Å². The van der Waals surface area contributed by atoms with Crippen LogP contribution in [0.1, 0.15) is 17.0 Å². The Morgan fingerprint density at radius 2 is 1.71 bits per heavy atom. The molecule has 2 aromatic carbocycles. The average Bonchev–Trinajstić information content (AvgIpc) is 3.09. The first-order valence-corrected chi connectivity index (χ1v) is 10.7. The average molecular weight is 480 g/mol. The molecule has 0 spiro atoms. The first-order chi connectivity index (χ1) is 16.2. The minimum absolute atomic E-state index is 0.0597. The molecule has 0 aliphatic carbocycles. The Bertz CT molecular complexity index is 1340. The van der Waals surface area contributed by atoms with Crippen LogP contribution in [0.15, 0.2) is 54.1 Å². The van der Waals surface area contributed by atoms with Crippen LogP contribution >= 0.6 is 12.2 Å². The topological polar surface area (TPSA) is 72.8 Å². The number of benzene rings is 2. The lowest BCUT2D eigenvalue weighted by atomic mass is 10.1. The fourth-order valence-corrected chi connectivity index (χ4v) is 4.20. The number of thiocarbonyl (C=S) groups is 1. The van der Waals surface area contributed by atoms with Crippen LogP contribution in [0, 0.1) is 19.7 Å². The number of nitrogens with one attached hydrogen (secondary N) is 1. The van der Waals surface area contributed by atoms with Gasteiger partial charge in [0.25, 0.3) is 11.8 Å². The van der Waals surface area contributed by atoms with Crippen molar-refractivity contribution in [1.29, 1.82) is 0 Å². The van der Waals surface area contributed by atoms with E-state index in [1.165, 1.54) is 37.3 Å². The van der Waals surface area contributed by atoms with Gasteiger partial charge in [-0.25, -0.2) is 9.29 Å². The van der Waals surface area contributed by atoms with Crippen molar-refractivity contribution in [2.24, 2.45) is 0 Å². The van der Waals surface area contributed by atoms with Gasteiger partial charge in [0.15, 0.2) is 5.11 Å². The third kappa shape index (κ3) is 4.06. The summed E-state index contributed by atoms with van der Waals surface area (Å²) in [6.07, 6.45) is 1.53. The second-order valence-electron chi connectivity index (χ2n) is 7.63. The summed E-state index contributed by atoms with van der Waals surface area (Å²) in [5.41, 5.74) is 3.35. The van der Waals surface area contributed by atoms with Crippen LogP contribution in [0.4, 0.5) is 10.1 Å². The number of carbonyl (C=O) groups is 2. The first kappa shape index (κ1) is 23.2. The molecule has 2 amide bonds. The Labute approximate surface area is 201 Å². The smallest absolute Gasteiger partial charge is 0.270 e. The number of halogens is 1. The zero-order chi connectivity index (χ0) is 24.6. The third-order valence-corrected chi connectivity index (χ3v) is 5.87. The molecule has 0 bridgehead atoms. The highest BCUT2D eigenvalue weighted by Crippen LogP contribution is 2.35. The summed E-state index contributed by atoms with van der Waals surface area (Å²) in [6, 6.07) is 12.9. The Morgan fingerprint density at radius 3 is 2.35 bits per heavy atom. The first-order valence-electron chi connectivity index (χ1n) is 10.3. The van der Waals surface area contributed by atoms with E-state index in [1.54, 1.807) is 30.3 Å². The predicted molar refractivity (Wildman–Crippen MR) is 131 cm³/mol. The lowest BCUT2D eigenvalue weighted by molar-refractivity contribution is -0.122. The van der Waals surface area contributed by atoms with Gasteiger partial charge in [0.1, 0.15) is 22.9 Å². The van der Waals surface area contributed by atoms with Gasteiger partial charge in [-0.05, 0) is 80.2 Å². The molecule has 4 rings (SSSR count). The fourth-order valence-electron chi connectivity index (χ4n) is 3.92. The number of nitrogens with zero attached hydrogens (tertiary/aromatic N) is 2. The maximum atomic E-state index is 13.5. The molecule has 174 valence electrons. The standard InChI is InChI=1S/C25H22FN3O4S/c1-14-11-16(15(2)28(14)18-7-5-17(26)6-8-18)12-20-23(30)27-25(34)29(24(20)31)21-13-19(32-3)9-10-22(21)33-4/h5-13H,1-4H3,(H,27,30,34). The van der Waals surface area contributed by atoms with Crippen molar-refractivity contribution in [3.63, 3.8) is 0 Å². The van der Waals surface area contributed by atoms with Gasteiger partial charge in [-0.1, -0.05) is 0 Å². The lowest BCUT2D eigenvalue weighted by Gasteiger charge is -2.30. The molecule has 1 aliphatic rings. The second-order valence-corrected chi connectivity index (χ2v) is 8.02. The maximum Gasteiger partial charge on any atom is 0.270 e. The zero-order valence-electron chi connectivity index (χ0n) is 19.0. The molecule has 1 aromatic heterocycles. The number of aryl methyl sites for hydroxylation is 1. The molecule has 34 heavy (non-hydrogen) atoms. The van der Waals surface area contributed by atoms with E-state index < -0.39 is 11.8 Å². The molecule has 0 radical (unpaired) electrons. The summed E-state index contributed by atoms with van der Waals surface area (Å²) in [5, 5.41) is 2.52. The minimum Gasteiger partial charge on any atom is -0.497 e. The van der Waals surface area contributed by atoms with Crippen molar-refractivity contribution in [2.45, 2.75) is 13.8 Å². The van der Waals surface area contributed by atoms with Gasteiger partial charge >= 0.3 is 0 Å².